The molecule has 2 N–H and O–H groups in total. The van der Waals surface area contributed by atoms with Crippen LogP contribution in [-0.4, -0.2) is 11.7 Å². The summed E-state index contributed by atoms with van der Waals surface area (Å²) in [4.78, 5) is 11.2. The van der Waals surface area contributed by atoms with Crippen molar-refractivity contribution >= 4 is 6.09 Å². The van der Waals surface area contributed by atoms with Gasteiger partial charge in [0.25, 0.3) is 0 Å². The minimum absolute atomic E-state index is 0.412. The van der Waals surface area contributed by atoms with E-state index in [0.717, 1.165) is 5.56 Å². The van der Waals surface area contributed by atoms with E-state index in [0.29, 0.717) is 19.3 Å². The van der Waals surface area contributed by atoms with Crippen LogP contribution in [0.1, 0.15) is 18.4 Å². The highest BCUT2D eigenvalue weighted by molar-refractivity contribution is 5.66. The molecule has 0 spiro atoms. The number of amides is 1. The lowest BCUT2D eigenvalue weighted by atomic mass is 9.91. The van der Waals surface area contributed by atoms with Crippen molar-refractivity contribution in [3.05, 3.63) is 61.2 Å². The smallest absolute Gasteiger partial charge is 0.406 e. The Balaban J connectivity index is 3.08. The van der Waals surface area contributed by atoms with Crippen molar-refractivity contribution in [3.63, 3.8) is 0 Å². The lowest BCUT2D eigenvalue weighted by molar-refractivity contribution is 0.0629. The number of ether oxygens (including phenoxy) is 1. The Bertz CT molecular complexity index is 525. The molecule has 0 saturated carbocycles. The summed E-state index contributed by atoms with van der Waals surface area (Å²) in [5, 5.41) is 0. The summed E-state index contributed by atoms with van der Waals surface area (Å²) >= 11 is 0. The number of carbonyl (C=O) groups excluding carboxylic acids is 1. The van der Waals surface area contributed by atoms with Crippen molar-refractivity contribution in [1.29, 1.82) is 0 Å². The molecule has 3 heteroatoms. The summed E-state index contributed by atoms with van der Waals surface area (Å²) < 4.78 is 5.29. The van der Waals surface area contributed by atoms with E-state index in [1.807, 2.05) is 30.3 Å². The van der Waals surface area contributed by atoms with Gasteiger partial charge in [0.05, 0.1) is 0 Å². The normalized spacial score (nSPS) is 12.4. The van der Waals surface area contributed by atoms with Gasteiger partial charge in [0.15, 0.2) is 5.60 Å². The fourth-order valence-corrected chi connectivity index (χ4v) is 1.91. The van der Waals surface area contributed by atoms with Gasteiger partial charge in [-0.1, -0.05) is 54.3 Å². The number of nitrogens with two attached hydrogens (primary N) is 1. The summed E-state index contributed by atoms with van der Waals surface area (Å²) in [6.45, 7) is 7.32. The molecule has 0 bridgehead atoms. The van der Waals surface area contributed by atoms with E-state index < -0.39 is 11.7 Å². The number of rotatable bonds is 6. The predicted octanol–water partition coefficient (Wildman–Crippen LogP) is 3.22. The number of primary amides is 1. The average Bonchev–Trinajstić information content (AvgIpc) is 2.39. The fourth-order valence-electron chi connectivity index (χ4n) is 1.91. The quantitative estimate of drug-likeness (QED) is 0.637. The van der Waals surface area contributed by atoms with Crippen LogP contribution in [0.15, 0.2) is 55.6 Å². The highest BCUT2D eigenvalue weighted by atomic mass is 16.6. The Morgan fingerprint density at radius 1 is 1.30 bits per heavy atom. The second-order valence-electron chi connectivity index (χ2n) is 4.37. The topological polar surface area (TPSA) is 52.3 Å². The molecule has 0 heterocycles. The molecule has 0 aliphatic heterocycles. The SMILES string of the molecule is C=CCC#CC(CC=C)(Cc1ccccc1)OC(N)=O. The van der Waals surface area contributed by atoms with Gasteiger partial charge in [-0.25, -0.2) is 4.79 Å². The molecule has 1 aromatic carbocycles. The van der Waals surface area contributed by atoms with Gasteiger partial charge in [-0.3, -0.25) is 0 Å². The van der Waals surface area contributed by atoms with E-state index in [-0.39, 0.29) is 0 Å². The molecular formula is C17H19NO2. The molecule has 0 saturated heterocycles. The third kappa shape index (κ3) is 5.03. The monoisotopic (exact) mass is 269 g/mol. The molecule has 1 rings (SSSR count). The number of benzene rings is 1. The molecule has 0 aliphatic rings. The lowest BCUT2D eigenvalue weighted by Gasteiger charge is -2.26. The zero-order valence-electron chi connectivity index (χ0n) is 11.5. The van der Waals surface area contributed by atoms with E-state index in [2.05, 4.69) is 25.0 Å². The van der Waals surface area contributed by atoms with E-state index in [9.17, 15) is 4.79 Å². The average molecular weight is 269 g/mol. The maximum absolute atomic E-state index is 11.2. The van der Waals surface area contributed by atoms with Crippen LogP contribution in [0.4, 0.5) is 4.79 Å². The van der Waals surface area contributed by atoms with E-state index >= 15 is 0 Å². The second kappa shape index (κ2) is 7.85. The minimum atomic E-state index is -0.974. The third-order valence-electron chi connectivity index (χ3n) is 2.67. The standard InChI is InChI=1S/C17H19NO2/c1-3-5-9-13-17(12-4-2,20-16(18)19)14-15-10-7-6-8-11-15/h3-4,6-8,10-11H,1-2,5,12,14H2,(H2,18,19). The zero-order valence-corrected chi connectivity index (χ0v) is 11.5. The molecule has 3 nitrogen and oxygen atoms in total. The summed E-state index contributed by atoms with van der Waals surface area (Å²) in [5.74, 6) is 5.94. The fraction of sp³-hybridized carbons (Fsp3) is 0.235. The third-order valence-corrected chi connectivity index (χ3v) is 2.67. The van der Waals surface area contributed by atoms with Crippen LogP contribution in [0.3, 0.4) is 0 Å². The Labute approximate surface area is 120 Å². The lowest BCUT2D eigenvalue weighted by Crippen LogP contribution is -2.37. The number of allylic oxidation sites excluding steroid dienone is 1. The first-order valence-electron chi connectivity index (χ1n) is 6.36. The van der Waals surface area contributed by atoms with Crippen LogP contribution >= 0.6 is 0 Å². The second-order valence-corrected chi connectivity index (χ2v) is 4.37. The number of hydrogen-bond acceptors (Lipinski definition) is 2. The Hall–Kier alpha value is -2.47. The predicted molar refractivity (Wildman–Crippen MR) is 80.9 cm³/mol. The minimum Gasteiger partial charge on any atom is -0.429 e. The number of carbonyl (C=O) groups is 1. The molecular weight excluding hydrogens is 250 g/mol. The molecule has 0 aromatic heterocycles. The van der Waals surface area contributed by atoms with Gasteiger partial charge in [-0.15, -0.1) is 13.2 Å². The van der Waals surface area contributed by atoms with Crippen LogP contribution in [0, 0.1) is 11.8 Å². The van der Waals surface area contributed by atoms with Gasteiger partial charge < -0.3 is 10.5 Å². The highest BCUT2D eigenvalue weighted by Crippen LogP contribution is 2.22. The van der Waals surface area contributed by atoms with Gasteiger partial charge in [-0.2, -0.15) is 0 Å². The van der Waals surface area contributed by atoms with Gasteiger partial charge in [-0.05, 0) is 5.56 Å². The van der Waals surface area contributed by atoms with Gasteiger partial charge in [0.2, 0.25) is 0 Å². The first-order chi connectivity index (χ1) is 9.62. The van der Waals surface area contributed by atoms with Gasteiger partial charge in [0.1, 0.15) is 0 Å². The summed E-state index contributed by atoms with van der Waals surface area (Å²) in [7, 11) is 0. The van der Waals surface area contributed by atoms with E-state index in [4.69, 9.17) is 10.5 Å². The molecule has 20 heavy (non-hydrogen) atoms. The molecule has 1 aromatic rings. The molecule has 0 radical (unpaired) electrons. The van der Waals surface area contributed by atoms with E-state index in [1.54, 1.807) is 12.2 Å². The molecule has 0 fully saturated rings. The summed E-state index contributed by atoms with van der Waals surface area (Å²) in [6, 6.07) is 9.69. The molecule has 1 amide bonds. The van der Waals surface area contributed by atoms with E-state index in [1.165, 1.54) is 0 Å². The van der Waals surface area contributed by atoms with Crippen LogP contribution < -0.4 is 5.73 Å². The largest absolute Gasteiger partial charge is 0.429 e. The maximum atomic E-state index is 11.2. The van der Waals surface area contributed by atoms with Crippen LogP contribution in [-0.2, 0) is 11.2 Å². The van der Waals surface area contributed by atoms with Crippen molar-refractivity contribution in [1.82, 2.24) is 0 Å². The van der Waals surface area contributed by atoms with Crippen molar-refractivity contribution in [2.75, 3.05) is 0 Å². The van der Waals surface area contributed by atoms with Crippen molar-refractivity contribution < 1.29 is 9.53 Å². The summed E-state index contributed by atoms with van der Waals surface area (Å²) in [6.07, 6.45) is 3.93. The number of hydrogen-bond donors (Lipinski definition) is 1. The summed E-state index contributed by atoms with van der Waals surface area (Å²) in [5.41, 5.74) is 5.23. The molecule has 1 atom stereocenters. The van der Waals surface area contributed by atoms with Crippen molar-refractivity contribution in [3.8, 4) is 11.8 Å². The van der Waals surface area contributed by atoms with Crippen molar-refractivity contribution in [2.24, 2.45) is 5.73 Å². The van der Waals surface area contributed by atoms with Crippen molar-refractivity contribution in [2.45, 2.75) is 24.9 Å². The maximum Gasteiger partial charge on any atom is 0.406 e. The first kappa shape index (κ1) is 15.6. The van der Waals surface area contributed by atoms with Gasteiger partial charge in [0, 0.05) is 19.3 Å². The van der Waals surface area contributed by atoms with Crippen LogP contribution in [0.2, 0.25) is 0 Å². The van der Waals surface area contributed by atoms with Crippen LogP contribution in [0.5, 0.6) is 0 Å². The molecule has 1 unspecified atom stereocenters. The Kier molecular flexibility index (Phi) is 6.12. The molecule has 104 valence electrons. The Morgan fingerprint density at radius 3 is 2.55 bits per heavy atom. The van der Waals surface area contributed by atoms with Gasteiger partial charge >= 0.3 is 6.09 Å². The highest BCUT2D eigenvalue weighted by Gasteiger charge is 2.30. The first-order valence-corrected chi connectivity index (χ1v) is 6.36. The molecule has 0 aliphatic carbocycles. The Morgan fingerprint density at radius 2 is 2.00 bits per heavy atom. The zero-order chi connectivity index (χ0) is 14.8. The van der Waals surface area contributed by atoms with Crippen LogP contribution in [0.25, 0.3) is 0 Å².